The molecule has 0 saturated heterocycles. The first-order valence-corrected chi connectivity index (χ1v) is 8.09. The van der Waals surface area contributed by atoms with E-state index in [1.54, 1.807) is 11.3 Å². The molecule has 2 aromatic heterocycles. The van der Waals surface area contributed by atoms with Crippen LogP contribution in [0.2, 0.25) is 0 Å². The molecular weight excluding hydrogens is 284 g/mol. The first kappa shape index (κ1) is 15.7. The number of aliphatic hydroxyl groups excluding tert-OH is 1. The minimum absolute atomic E-state index is 0.432. The van der Waals surface area contributed by atoms with Gasteiger partial charge in [0.05, 0.1) is 6.10 Å². The van der Waals surface area contributed by atoms with Crippen LogP contribution in [-0.4, -0.2) is 28.2 Å². The Balaban J connectivity index is 2.07. The van der Waals surface area contributed by atoms with Gasteiger partial charge in [-0.05, 0) is 42.7 Å². The smallest absolute Gasteiger partial charge is 0.134 e. The van der Waals surface area contributed by atoms with Crippen molar-refractivity contribution in [3.8, 4) is 0 Å². The predicted octanol–water partition coefficient (Wildman–Crippen LogP) is 3.12. The first-order valence-electron chi connectivity index (χ1n) is 7.15. The zero-order valence-electron chi connectivity index (χ0n) is 12.7. The molecule has 2 heterocycles. The number of nitrogens with zero attached hydrogens (tertiary/aromatic N) is 2. The van der Waals surface area contributed by atoms with Crippen molar-refractivity contribution >= 4 is 23.0 Å². The molecule has 0 fully saturated rings. The van der Waals surface area contributed by atoms with Gasteiger partial charge in [0.25, 0.3) is 0 Å². The second-order valence-electron chi connectivity index (χ2n) is 4.97. The average molecular weight is 306 g/mol. The third-order valence-electron chi connectivity index (χ3n) is 3.19. The van der Waals surface area contributed by atoms with Gasteiger partial charge in [-0.15, -0.1) is 0 Å². The number of aromatic nitrogens is 2. The van der Waals surface area contributed by atoms with Gasteiger partial charge in [0.15, 0.2) is 0 Å². The number of nitrogens with one attached hydrogen (secondary N) is 2. The van der Waals surface area contributed by atoms with Crippen LogP contribution in [0.3, 0.4) is 0 Å². The van der Waals surface area contributed by atoms with Gasteiger partial charge in [-0.25, -0.2) is 9.97 Å². The van der Waals surface area contributed by atoms with Crippen molar-refractivity contribution in [3.05, 3.63) is 33.8 Å². The molecule has 2 rings (SSSR count). The molecule has 0 radical (unpaired) electrons. The fourth-order valence-corrected chi connectivity index (χ4v) is 2.70. The first-order chi connectivity index (χ1) is 10.1. The van der Waals surface area contributed by atoms with Crippen LogP contribution in [0.25, 0.3) is 0 Å². The van der Waals surface area contributed by atoms with E-state index in [1.165, 1.54) is 0 Å². The number of thiophene rings is 1. The van der Waals surface area contributed by atoms with Crippen LogP contribution in [0.15, 0.2) is 16.8 Å². The highest BCUT2D eigenvalue weighted by Crippen LogP contribution is 2.22. The topological polar surface area (TPSA) is 70.1 Å². The van der Waals surface area contributed by atoms with Crippen molar-refractivity contribution in [2.24, 2.45) is 0 Å². The Morgan fingerprint density at radius 3 is 2.57 bits per heavy atom. The molecule has 2 aromatic rings. The maximum Gasteiger partial charge on any atom is 0.134 e. The summed E-state index contributed by atoms with van der Waals surface area (Å²) in [5.74, 6) is 2.35. The van der Waals surface area contributed by atoms with Gasteiger partial charge >= 0.3 is 0 Å². The van der Waals surface area contributed by atoms with Gasteiger partial charge in [-0.3, -0.25) is 0 Å². The zero-order chi connectivity index (χ0) is 15.2. The van der Waals surface area contributed by atoms with Crippen molar-refractivity contribution in [2.45, 2.75) is 33.3 Å². The summed E-state index contributed by atoms with van der Waals surface area (Å²) < 4.78 is 0. The Labute approximate surface area is 129 Å². The summed E-state index contributed by atoms with van der Waals surface area (Å²) in [6.45, 7) is 7.29. The zero-order valence-corrected chi connectivity index (χ0v) is 13.5. The highest BCUT2D eigenvalue weighted by atomic mass is 32.1. The number of hydrogen-bond donors (Lipinski definition) is 3. The van der Waals surface area contributed by atoms with Gasteiger partial charge in [-0.2, -0.15) is 11.3 Å². The van der Waals surface area contributed by atoms with Gasteiger partial charge in [-0.1, -0.05) is 6.92 Å². The molecule has 21 heavy (non-hydrogen) atoms. The number of aryl methyl sites for hydroxylation is 1. The molecule has 0 bridgehead atoms. The third-order valence-corrected chi connectivity index (χ3v) is 3.89. The van der Waals surface area contributed by atoms with Crippen LogP contribution >= 0.6 is 11.3 Å². The molecule has 0 saturated carbocycles. The van der Waals surface area contributed by atoms with Crippen molar-refractivity contribution in [1.29, 1.82) is 0 Å². The molecular formula is C15H22N4OS. The van der Waals surface area contributed by atoms with Crippen LogP contribution < -0.4 is 10.6 Å². The Morgan fingerprint density at radius 2 is 1.95 bits per heavy atom. The summed E-state index contributed by atoms with van der Waals surface area (Å²) in [5, 5.41) is 20.6. The lowest BCUT2D eigenvalue weighted by Crippen LogP contribution is -2.15. The van der Waals surface area contributed by atoms with E-state index < -0.39 is 6.10 Å². The molecule has 1 atom stereocenters. The van der Waals surface area contributed by atoms with Crippen LogP contribution in [0.5, 0.6) is 0 Å². The molecule has 3 N–H and O–H groups in total. The number of rotatable bonds is 7. The third kappa shape index (κ3) is 4.15. The SMILES string of the molecule is CCCNc1nc(C)nc(NCC(O)c2ccsc2)c1C. The van der Waals surface area contributed by atoms with E-state index >= 15 is 0 Å². The highest BCUT2D eigenvalue weighted by molar-refractivity contribution is 7.07. The van der Waals surface area contributed by atoms with E-state index in [2.05, 4.69) is 27.5 Å². The Morgan fingerprint density at radius 1 is 1.24 bits per heavy atom. The number of aliphatic hydroxyl groups is 1. The van der Waals surface area contributed by atoms with Crippen LogP contribution in [0.1, 0.15) is 36.4 Å². The van der Waals surface area contributed by atoms with Crippen LogP contribution in [0.4, 0.5) is 11.6 Å². The molecule has 114 valence electrons. The lowest BCUT2D eigenvalue weighted by molar-refractivity contribution is 0.192. The minimum Gasteiger partial charge on any atom is -0.387 e. The van der Waals surface area contributed by atoms with Crippen molar-refractivity contribution < 1.29 is 5.11 Å². The van der Waals surface area contributed by atoms with E-state index in [1.807, 2.05) is 30.7 Å². The van der Waals surface area contributed by atoms with Crippen molar-refractivity contribution in [2.75, 3.05) is 23.7 Å². The molecule has 0 aromatic carbocycles. The summed E-state index contributed by atoms with van der Waals surface area (Å²) in [6, 6.07) is 1.93. The minimum atomic E-state index is -0.530. The Bertz CT molecular complexity index is 571. The van der Waals surface area contributed by atoms with E-state index in [9.17, 15) is 5.11 Å². The van der Waals surface area contributed by atoms with E-state index in [-0.39, 0.29) is 0 Å². The van der Waals surface area contributed by atoms with Gasteiger partial charge < -0.3 is 15.7 Å². The molecule has 1 unspecified atom stereocenters. The summed E-state index contributed by atoms with van der Waals surface area (Å²) in [5.41, 5.74) is 1.91. The second kappa shape index (κ2) is 7.38. The Kier molecular flexibility index (Phi) is 5.52. The van der Waals surface area contributed by atoms with Crippen LogP contribution in [-0.2, 0) is 0 Å². The monoisotopic (exact) mass is 306 g/mol. The van der Waals surface area contributed by atoms with Gasteiger partial charge in [0.1, 0.15) is 17.5 Å². The van der Waals surface area contributed by atoms with Gasteiger partial charge in [0, 0.05) is 18.7 Å². The van der Waals surface area contributed by atoms with Crippen molar-refractivity contribution in [1.82, 2.24) is 9.97 Å². The maximum atomic E-state index is 10.1. The molecule has 0 aliphatic rings. The second-order valence-corrected chi connectivity index (χ2v) is 5.75. The van der Waals surface area contributed by atoms with Gasteiger partial charge in [0.2, 0.25) is 0 Å². The number of hydrogen-bond acceptors (Lipinski definition) is 6. The average Bonchev–Trinajstić information content (AvgIpc) is 3.00. The highest BCUT2D eigenvalue weighted by Gasteiger charge is 2.12. The number of anilines is 2. The molecule has 0 aliphatic heterocycles. The molecule has 5 nitrogen and oxygen atoms in total. The summed E-state index contributed by atoms with van der Waals surface area (Å²) >= 11 is 1.58. The largest absolute Gasteiger partial charge is 0.387 e. The Hall–Kier alpha value is -1.66. The quantitative estimate of drug-likeness (QED) is 0.733. The normalized spacial score (nSPS) is 12.2. The maximum absolute atomic E-state index is 10.1. The van der Waals surface area contributed by atoms with Crippen molar-refractivity contribution in [3.63, 3.8) is 0 Å². The molecule has 6 heteroatoms. The molecule has 0 spiro atoms. The standard InChI is InChI=1S/C15H22N4OS/c1-4-6-16-14-10(2)15(19-11(3)18-14)17-8-13(20)12-5-7-21-9-12/h5,7,9,13,20H,4,6,8H2,1-3H3,(H2,16,17,18,19). The summed E-state index contributed by atoms with van der Waals surface area (Å²) in [4.78, 5) is 8.85. The molecule has 0 aliphatic carbocycles. The fraction of sp³-hybridized carbons (Fsp3) is 0.467. The predicted molar refractivity (Wildman–Crippen MR) is 88.1 cm³/mol. The van der Waals surface area contributed by atoms with E-state index in [0.717, 1.165) is 35.7 Å². The van der Waals surface area contributed by atoms with E-state index in [4.69, 9.17) is 0 Å². The summed E-state index contributed by atoms with van der Waals surface area (Å²) in [6.07, 6.45) is 0.514. The lowest BCUT2D eigenvalue weighted by Gasteiger charge is -2.16. The summed E-state index contributed by atoms with van der Waals surface area (Å²) in [7, 11) is 0. The lowest BCUT2D eigenvalue weighted by atomic mass is 10.2. The molecule has 0 amide bonds. The van der Waals surface area contributed by atoms with E-state index in [0.29, 0.717) is 12.4 Å². The fourth-order valence-electron chi connectivity index (χ4n) is 1.99. The van der Waals surface area contributed by atoms with Crippen LogP contribution in [0, 0.1) is 13.8 Å².